The maximum absolute atomic E-state index is 13.3. The summed E-state index contributed by atoms with van der Waals surface area (Å²) in [5.74, 6) is -3.58. The first-order valence-corrected chi connectivity index (χ1v) is 12.6. The van der Waals surface area contributed by atoms with E-state index in [4.69, 9.17) is 0 Å². The lowest BCUT2D eigenvalue weighted by Gasteiger charge is -2.35. The largest absolute Gasteiger partial charge is 0.481 e. The molecule has 9 nitrogen and oxygen atoms in total. The van der Waals surface area contributed by atoms with Crippen LogP contribution in [0.3, 0.4) is 0 Å². The van der Waals surface area contributed by atoms with Crippen molar-refractivity contribution in [1.82, 2.24) is 14.9 Å². The first kappa shape index (κ1) is 27.6. The SMILES string of the molecule is O=C(O)C1CCN(C(=O)c2ccc(Nc3nc4cc(C(F)(F)F)ccc4nc3-c3ccccc3)cc2)C(C(=O)O)C1. The van der Waals surface area contributed by atoms with Crippen LogP contribution in [0.1, 0.15) is 28.8 Å². The zero-order valence-corrected chi connectivity index (χ0v) is 21.3. The molecule has 0 spiro atoms. The number of carbonyl (C=O) groups is 3. The van der Waals surface area contributed by atoms with Gasteiger partial charge in [-0.3, -0.25) is 9.59 Å². The summed E-state index contributed by atoms with van der Waals surface area (Å²) in [7, 11) is 0. The Morgan fingerprint density at radius 3 is 2.22 bits per heavy atom. The van der Waals surface area contributed by atoms with Crippen LogP contribution >= 0.6 is 0 Å². The van der Waals surface area contributed by atoms with Crippen molar-refractivity contribution in [3.05, 3.63) is 83.9 Å². The zero-order valence-electron chi connectivity index (χ0n) is 21.3. The third kappa shape index (κ3) is 5.81. The van der Waals surface area contributed by atoms with E-state index in [-0.39, 0.29) is 41.8 Å². The van der Waals surface area contributed by atoms with Gasteiger partial charge in [-0.15, -0.1) is 0 Å². The summed E-state index contributed by atoms with van der Waals surface area (Å²) in [6.45, 7) is -0.0141. The number of aliphatic carboxylic acids is 2. The quantitative estimate of drug-likeness (QED) is 0.282. The summed E-state index contributed by atoms with van der Waals surface area (Å²) in [4.78, 5) is 46.4. The second-order valence-electron chi connectivity index (χ2n) is 9.60. The van der Waals surface area contributed by atoms with Crippen LogP contribution in [0.5, 0.6) is 0 Å². The summed E-state index contributed by atoms with van der Waals surface area (Å²) >= 11 is 0. The highest BCUT2D eigenvalue weighted by atomic mass is 19.4. The Labute approximate surface area is 231 Å². The molecule has 41 heavy (non-hydrogen) atoms. The molecular weight excluding hydrogens is 541 g/mol. The third-order valence-electron chi connectivity index (χ3n) is 6.93. The van der Waals surface area contributed by atoms with E-state index in [0.717, 1.165) is 17.0 Å². The van der Waals surface area contributed by atoms with Gasteiger partial charge in [0.1, 0.15) is 11.7 Å². The fourth-order valence-corrected chi connectivity index (χ4v) is 4.78. The number of hydrogen-bond donors (Lipinski definition) is 3. The maximum atomic E-state index is 13.3. The summed E-state index contributed by atoms with van der Waals surface area (Å²) < 4.78 is 39.9. The van der Waals surface area contributed by atoms with Crippen molar-refractivity contribution in [3.8, 4) is 11.3 Å². The monoisotopic (exact) mass is 564 g/mol. The van der Waals surface area contributed by atoms with Gasteiger partial charge >= 0.3 is 18.1 Å². The van der Waals surface area contributed by atoms with Gasteiger partial charge in [0.25, 0.3) is 5.91 Å². The lowest BCUT2D eigenvalue weighted by atomic mass is 9.90. The number of halogens is 3. The predicted octanol–water partition coefficient (Wildman–Crippen LogP) is 5.45. The molecule has 2 heterocycles. The molecule has 1 amide bonds. The topological polar surface area (TPSA) is 133 Å². The predicted molar refractivity (Wildman–Crippen MR) is 143 cm³/mol. The number of alkyl halides is 3. The van der Waals surface area contributed by atoms with Crippen molar-refractivity contribution in [2.24, 2.45) is 5.92 Å². The highest BCUT2D eigenvalue weighted by Crippen LogP contribution is 2.34. The van der Waals surface area contributed by atoms with Crippen LogP contribution in [0.15, 0.2) is 72.8 Å². The van der Waals surface area contributed by atoms with Gasteiger partial charge in [0.05, 0.1) is 22.5 Å². The molecule has 1 saturated heterocycles. The number of carboxylic acid groups (broad SMARTS) is 2. The van der Waals surface area contributed by atoms with Crippen LogP contribution in [-0.2, 0) is 15.8 Å². The average molecular weight is 565 g/mol. The first-order chi connectivity index (χ1) is 19.5. The fourth-order valence-electron chi connectivity index (χ4n) is 4.78. The highest BCUT2D eigenvalue weighted by Gasteiger charge is 2.39. The molecule has 5 rings (SSSR count). The van der Waals surface area contributed by atoms with E-state index in [2.05, 4.69) is 15.3 Å². The van der Waals surface area contributed by atoms with E-state index in [9.17, 15) is 37.8 Å². The minimum absolute atomic E-state index is 0.0141. The molecule has 1 aliphatic rings. The Balaban J connectivity index is 1.44. The average Bonchev–Trinajstić information content (AvgIpc) is 2.96. The molecule has 210 valence electrons. The Morgan fingerprint density at radius 2 is 1.59 bits per heavy atom. The number of benzene rings is 3. The number of piperidine rings is 1. The van der Waals surface area contributed by atoms with Crippen molar-refractivity contribution in [1.29, 1.82) is 0 Å². The van der Waals surface area contributed by atoms with E-state index >= 15 is 0 Å². The summed E-state index contributed by atoms with van der Waals surface area (Å²) in [6, 6.07) is 16.9. The lowest BCUT2D eigenvalue weighted by Crippen LogP contribution is -2.51. The van der Waals surface area contributed by atoms with Gasteiger partial charge < -0.3 is 20.4 Å². The van der Waals surface area contributed by atoms with Crippen molar-refractivity contribution >= 4 is 40.4 Å². The van der Waals surface area contributed by atoms with E-state index < -0.39 is 41.5 Å². The summed E-state index contributed by atoms with van der Waals surface area (Å²) in [5, 5.41) is 21.9. The van der Waals surface area contributed by atoms with E-state index in [1.807, 2.05) is 6.07 Å². The second-order valence-corrected chi connectivity index (χ2v) is 9.60. The number of likely N-dealkylation sites (tertiary alicyclic amines) is 1. The number of aromatic nitrogens is 2. The van der Waals surface area contributed by atoms with Gasteiger partial charge in [-0.1, -0.05) is 30.3 Å². The molecular formula is C29H23F3N4O5. The van der Waals surface area contributed by atoms with Crippen LogP contribution < -0.4 is 5.32 Å². The number of nitrogens with one attached hydrogen (secondary N) is 1. The van der Waals surface area contributed by atoms with E-state index in [1.54, 1.807) is 36.4 Å². The van der Waals surface area contributed by atoms with Crippen LogP contribution in [0.2, 0.25) is 0 Å². The van der Waals surface area contributed by atoms with Crippen LogP contribution in [0.4, 0.5) is 24.7 Å². The van der Waals surface area contributed by atoms with E-state index in [0.29, 0.717) is 16.9 Å². The molecule has 0 aliphatic carbocycles. The van der Waals surface area contributed by atoms with Crippen LogP contribution in [0, 0.1) is 5.92 Å². The minimum Gasteiger partial charge on any atom is -0.481 e. The minimum atomic E-state index is -4.55. The standard InChI is InChI=1S/C29H23F3N4O5/c30-29(31,32)19-8-11-21-22(15-19)35-25(24(34-21)16-4-2-1-3-5-16)33-20-9-6-17(7-10-20)26(37)36-13-12-18(27(38)39)14-23(36)28(40)41/h1-11,15,18,23H,12-14H2,(H,33,35)(H,38,39)(H,40,41). The van der Waals surface area contributed by atoms with Gasteiger partial charge in [0.2, 0.25) is 0 Å². The molecule has 1 aromatic heterocycles. The molecule has 3 aromatic carbocycles. The number of fused-ring (bicyclic) bond motifs is 1. The van der Waals surface area contributed by atoms with E-state index in [1.165, 1.54) is 18.2 Å². The molecule has 0 radical (unpaired) electrons. The molecule has 2 unspecified atom stereocenters. The normalized spacial score (nSPS) is 17.3. The molecule has 1 aliphatic heterocycles. The third-order valence-corrected chi connectivity index (χ3v) is 6.93. The Hall–Kier alpha value is -5.00. The first-order valence-electron chi connectivity index (χ1n) is 12.6. The molecule has 2 atom stereocenters. The Kier molecular flexibility index (Phi) is 7.31. The molecule has 0 saturated carbocycles. The van der Waals surface area contributed by atoms with Crippen molar-refractivity contribution in [2.75, 3.05) is 11.9 Å². The lowest BCUT2D eigenvalue weighted by molar-refractivity contribution is -0.149. The number of nitrogens with zero attached hydrogens (tertiary/aromatic N) is 3. The van der Waals surface area contributed by atoms with Gasteiger partial charge in [-0.05, 0) is 55.3 Å². The van der Waals surface area contributed by atoms with Crippen molar-refractivity contribution in [2.45, 2.75) is 25.1 Å². The summed E-state index contributed by atoms with van der Waals surface area (Å²) in [6.07, 6.45) is -4.59. The van der Waals surface area contributed by atoms with Crippen LogP contribution in [-0.4, -0.2) is 55.5 Å². The van der Waals surface area contributed by atoms with Gasteiger partial charge in [0.15, 0.2) is 5.82 Å². The molecule has 4 aromatic rings. The summed E-state index contributed by atoms with van der Waals surface area (Å²) in [5.41, 5.74) is 1.20. The number of rotatable bonds is 6. The molecule has 12 heteroatoms. The fraction of sp³-hybridized carbons (Fsp3) is 0.207. The number of amides is 1. The number of carbonyl (C=O) groups excluding carboxylic acids is 1. The Morgan fingerprint density at radius 1 is 0.878 bits per heavy atom. The smallest absolute Gasteiger partial charge is 0.416 e. The number of hydrogen-bond acceptors (Lipinski definition) is 6. The second kappa shape index (κ2) is 10.9. The van der Waals surface area contributed by atoms with Gasteiger partial charge in [0, 0.05) is 23.4 Å². The van der Waals surface area contributed by atoms with Gasteiger partial charge in [-0.2, -0.15) is 13.2 Å². The highest BCUT2D eigenvalue weighted by molar-refractivity contribution is 5.97. The molecule has 3 N–H and O–H groups in total. The number of carboxylic acids is 2. The Bertz CT molecular complexity index is 1630. The van der Waals surface area contributed by atoms with Crippen LogP contribution in [0.25, 0.3) is 22.3 Å². The maximum Gasteiger partial charge on any atom is 0.416 e. The molecule has 0 bridgehead atoms. The van der Waals surface area contributed by atoms with Crippen molar-refractivity contribution < 1.29 is 37.8 Å². The van der Waals surface area contributed by atoms with Crippen molar-refractivity contribution in [3.63, 3.8) is 0 Å². The molecule has 1 fully saturated rings. The zero-order chi connectivity index (χ0) is 29.3. The van der Waals surface area contributed by atoms with Gasteiger partial charge in [-0.25, -0.2) is 14.8 Å². The number of anilines is 2.